The predicted molar refractivity (Wildman–Crippen MR) is 82.4 cm³/mol. The number of fused-ring (bicyclic) bond motifs is 1. The second-order valence-electron chi connectivity index (χ2n) is 4.51. The van der Waals surface area contributed by atoms with Gasteiger partial charge in [0, 0.05) is 16.2 Å². The highest BCUT2D eigenvalue weighted by atomic mass is 79.9. The van der Waals surface area contributed by atoms with Crippen molar-refractivity contribution in [3.05, 3.63) is 51.3 Å². The topological polar surface area (TPSA) is 43.3 Å². The molecule has 2 aromatic heterocycles. The number of nitrogen functional groups attached to an aromatic ring is 1. The van der Waals surface area contributed by atoms with E-state index in [2.05, 4.69) is 20.9 Å². The predicted octanol–water partition coefficient (Wildman–Crippen LogP) is 4.45. The molecule has 0 radical (unpaired) electrons. The van der Waals surface area contributed by atoms with Gasteiger partial charge in [-0.15, -0.1) is 0 Å². The van der Waals surface area contributed by atoms with Crippen LogP contribution in [0.2, 0.25) is 5.02 Å². The first kappa shape index (κ1) is 13.4. The summed E-state index contributed by atoms with van der Waals surface area (Å²) < 4.78 is 16.0. The highest BCUT2D eigenvalue weighted by Gasteiger charge is 2.13. The molecule has 0 unspecified atom stereocenters. The molecule has 6 heteroatoms. The van der Waals surface area contributed by atoms with E-state index in [1.54, 1.807) is 10.5 Å². The fourth-order valence-corrected chi connectivity index (χ4v) is 2.53. The van der Waals surface area contributed by atoms with E-state index in [0.717, 1.165) is 15.7 Å². The number of halogens is 3. The van der Waals surface area contributed by atoms with Gasteiger partial charge in [-0.1, -0.05) is 11.6 Å². The lowest BCUT2D eigenvalue weighted by atomic mass is 10.1. The number of hydrogen-bond acceptors (Lipinski definition) is 2. The molecular formula is C14H10BrClFN3. The Morgan fingerprint density at radius 2 is 2.10 bits per heavy atom. The molecule has 0 aliphatic carbocycles. The van der Waals surface area contributed by atoms with Crippen molar-refractivity contribution in [3.63, 3.8) is 0 Å². The minimum Gasteiger partial charge on any atom is -0.383 e. The quantitative estimate of drug-likeness (QED) is 0.702. The zero-order chi connectivity index (χ0) is 14.4. The molecule has 0 saturated carbocycles. The first-order valence-corrected chi connectivity index (χ1v) is 7.03. The van der Waals surface area contributed by atoms with Crippen molar-refractivity contribution < 1.29 is 4.39 Å². The van der Waals surface area contributed by atoms with Crippen LogP contribution in [0.15, 0.2) is 34.9 Å². The second kappa shape index (κ2) is 4.75. The molecule has 0 saturated heterocycles. The molecule has 2 heterocycles. The minimum atomic E-state index is -0.462. The SMILES string of the molecule is Cc1cc2nc(-c3ccc(F)c(Cl)c3)c(N)n2cc1Br. The van der Waals surface area contributed by atoms with Gasteiger partial charge in [0.05, 0.1) is 5.02 Å². The van der Waals surface area contributed by atoms with E-state index in [0.29, 0.717) is 17.1 Å². The van der Waals surface area contributed by atoms with Crippen molar-refractivity contribution in [2.24, 2.45) is 0 Å². The summed E-state index contributed by atoms with van der Waals surface area (Å²) in [5.41, 5.74) is 9.19. The van der Waals surface area contributed by atoms with Gasteiger partial charge in [0.15, 0.2) is 0 Å². The van der Waals surface area contributed by atoms with E-state index in [9.17, 15) is 4.39 Å². The normalized spacial score (nSPS) is 11.2. The van der Waals surface area contributed by atoms with Crippen molar-refractivity contribution in [1.29, 1.82) is 0 Å². The van der Waals surface area contributed by atoms with Crippen molar-refractivity contribution in [2.45, 2.75) is 6.92 Å². The number of benzene rings is 1. The number of hydrogen-bond donors (Lipinski definition) is 1. The number of rotatable bonds is 1. The third-order valence-electron chi connectivity index (χ3n) is 3.13. The van der Waals surface area contributed by atoms with Crippen LogP contribution in [0, 0.1) is 12.7 Å². The van der Waals surface area contributed by atoms with E-state index < -0.39 is 5.82 Å². The maximum Gasteiger partial charge on any atom is 0.141 e. The van der Waals surface area contributed by atoms with Gasteiger partial charge in [-0.3, -0.25) is 4.40 Å². The lowest BCUT2D eigenvalue weighted by Crippen LogP contribution is -1.95. The monoisotopic (exact) mass is 353 g/mol. The fourth-order valence-electron chi connectivity index (χ4n) is 2.03. The van der Waals surface area contributed by atoms with Crippen LogP contribution in [-0.2, 0) is 0 Å². The minimum absolute atomic E-state index is 0.0521. The summed E-state index contributed by atoms with van der Waals surface area (Å²) in [5, 5.41) is 0.0521. The zero-order valence-electron chi connectivity index (χ0n) is 10.5. The molecular weight excluding hydrogens is 345 g/mol. The van der Waals surface area contributed by atoms with Crippen molar-refractivity contribution in [2.75, 3.05) is 5.73 Å². The van der Waals surface area contributed by atoms with E-state index in [1.807, 2.05) is 19.2 Å². The maximum atomic E-state index is 13.2. The van der Waals surface area contributed by atoms with Gasteiger partial charge in [0.25, 0.3) is 0 Å². The first-order chi connectivity index (χ1) is 9.47. The van der Waals surface area contributed by atoms with Gasteiger partial charge in [0.2, 0.25) is 0 Å². The Kier molecular flexibility index (Phi) is 3.18. The van der Waals surface area contributed by atoms with Crippen LogP contribution < -0.4 is 5.73 Å². The Bertz CT molecular complexity index is 829. The van der Waals surface area contributed by atoms with Gasteiger partial charge in [-0.25, -0.2) is 9.37 Å². The van der Waals surface area contributed by atoms with E-state index in [4.69, 9.17) is 17.3 Å². The van der Waals surface area contributed by atoms with E-state index >= 15 is 0 Å². The number of anilines is 1. The molecule has 0 spiro atoms. The third kappa shape index (κ3) is 2.07. The molecule has 0 aliphatic heterocycles. The summed E-state index contributed by atoms with van der Waals surface area (Å²) in [6.45, 7) is 1.98. The maximum absolute atomic E-state index is 13.2. The molecule has 0 atom stereocenters. The van der Waals surface area contributed by atoms with Crippen LogP contribution in [0.1, 0.15) is 5.56 Å². The number of imidazole rings is 1. The number of aromatic nitrogens is 2. The van der Waals surface area contributed by atoms with Crippen molar-refractivity contribution in [3.8, 4) is 11.3 Å². The summed E-state index contributed by atoms with van der Waals surface area (Å²) in [4.78, 5) is 4.49. The summed E-state index contributed by atoms with van der Waals surface area (Å²) in [6.07, 6.45) is 1.86. The molecule has 0 fully saturated rings. The zero-order valence-corrected chi connectivity index (χ0v) is 12.8. The lowest BCUT2D eigenvalue weighted by Gasteiger charge is -2.02. The smallest absolute Gasteiger partial charge is 0.141 e. The Hall–Kier alpha value is -1.59. The Balaban J connectivity index is 2.26. The second-order valence-corrected chi connectivity index (χ2v) is 5.77. The molecule has 3 rings (SSSR count). The van der Waals surface area contributed by atoms with Gasteiger partial charge in [0.1, 0.15) is 23.0 Å². The van der Waals surface area contributed by atoms with Crippen LogP contribution in [0.25, 0.3) is 16.9 Å². The number of pyridine rings is 1. The molecule has 2 N–H and O–H groups in total. The molecule has 20 heavy (non-hydrogen) atoms. The van der Waals surface area contributed by atoms with Gasteiger partial charge < -0.3 is 5.73 Å². The van der Waals surface area contributed by atoms with Gasteiger partial charge in [-0.2, -0.15) is 0 Å². The molecule has 3 nitrogen and oxygen atoms in total. The third-order valence-corrected chi connectivity index (χ3v) is 4.25. The molecule has 102 valence electrons. The summed E-state index contributed by atoms with van der Waals surface area (Å²) >= 11 is 9.27. The Morgan fingerprint density at radius 1 is 1.35 bits per heavy atom. The van der Waals surface area contributed by atoms with Crippen molar-refractivity contribution >= 4 is 39.0 Å². The fraction of sp³-hybridized carbons (Fsp3) is 0.0714. The summed E-state index contributed by atoms with van der Waals surface area (Å²) in [6, 6.07) is 6.37. The van der Waals surface area contributed by atoms with Crippen LogP contribution >= 0.6 is 27.5 Å². The molecule has 1 aromatic carbocycles. The Labute approximate surface area is 128 Å². The van der Waals surface area contributed by atoms with Crippen LogP contribution in [-0.4, -0.2) is 9.38 Å². The molecule has 0 aliphatic rings. The number of nitrogens with two attached hydrogens (primary N) is 1. The number of aryl methyl sites for hydroxylation is 1. The number of nitrogens with zero attached hydrogens (tertiary/aromatic N) is 2. The van der Waals surface area contributed by atoms with Crippen LogP contribution in [0.4, 0.5) is 10.2 Å². The van der Waals surface area contributed by atoms with E-state index in [1.165, 1.54) is 12.1 Å². The average molecular weight is 355 g/mol. The highest BCUT2D eigenvalue weighted by Crippen LogP contribution is 2.30. The van der Waals surface area contributed by atoms with Gasteiger partial charge in [-0.05, 0) is 52.7 Å². The first-order valence-electron chi connectivity index (χ1n) is 5.86. The van der Waals surface area contributed by atoms with Crippen LogP contribution in [0.3, 0.4) is 0 Å². The average Bonchev–Trinajstić information content (AvgIpc) is 2.71. The molecule has 3 aromatic rings. The standard InChI is InChI=1S/C14H10BrClFN3/c1-7-4-12-19-13(14(18)20(12)6-9(7)15)8-2-3-11(17)10(16)5-8/h2-6H,18H2,1H3. The lowest BCUT2D eigenvalue weighted by molar-refractivity contribution is 0.628. The Morgan fingerprint density at radius 3 is 2.80 bits per heavy atom. The van der Waals surface area contributed by atoms with E-state index in [-0.39, 0.29) is 5.02 Å². The van der Waals surface area contributed by atoms with Gasteiger partial charge >= 0.3 is 0 Å². The van der Waals surface area contributed by atoms with Crippen LogP contribution in [0.5, 0.6) is 0 Å². The summed E-state index contributed by atoms with van der Waals surface area (Å²) in [5.74, 6) is 0.0275. The molecule has 0 amide bonds. The largest absolute Gasteiger partial charge is 0.383 e. The highest BCUT2D eigenvalue weighted by molar-refractivity contribution is 9.10. The van der Waals surface area contributed by atoms with Crippen molar-refractivity contribution in [1.82, 2.24) is 9.38 Å². The molecule has 0 bridgehead atoms. The summed E-state index contributed by atoms with van der Waals surface area (Å²) in [7, 11) is 0.